The van der Waals surface area contributed by atoms with Crippen molar-refractivity contribution in [1.29, 1.82) is 0 Å². The predicted molar refractivity (Wildman–Crippen MR) is 78.5 cm³/mol. The Bertz CT molecular complexity index is 797. The van der Waals surface area contributed by atoms with Gasteiger partial charge in [-0.2, -0.15) is 4.98 Å². The van der Waals surface area contributed by atoms with Crippen molar-refractivity contribution < 1.29 is 4.52 Å². The molecule has 2 aromatic heterocycles. The standard InChI is InChI=1S/C14H13ClN4O/c1-7-10(15)5-4-6-11(7)18-13-12-8(2)19-20-14(12)17-9(3)16-13/h4-6H,1-3H3,(H,16,17,18). The smallest absolute Gasteiger partial charge is 0.263 e. The third-order valence-corrected chi connectivity index (χ3v) is 3.55. The highest BCUT2D eigenvalue weighted by Gasteiger charge is 2.14. The number of halogens is 1. The molecule has 0 aliphatic carbocycles. The second-order valence-corrected chi connectivity index (χ2v) is 5.01. The van der Waals surface area contributed by atoms with E-state index < -0.39 is 0 Å². The van der Waals surface area contributed by atoms with E-state index in [1.54, 1.807) is 0 Å². The maximum Gasteiger partial charge on any atom is 0.263 e. The quantitative estimate of drug-likeness (QED) is 0.774. The Hall–Kier alpha value is -2.14. The molecule has 0 saturated heterocycles. The number of rotatable bonds is 2. The SMILES string of the molecule is Cc1nc(Nc2cccc(Cl)c2C)c2c(C)noc2n1. The van der Waals surface area contributed by atoms with Gasteiger partial charge in [0, 0.05) is 10.7 Å². The minimum absolute atomic E-state index is 0.484. The van der Waals surface area contributed by atoms with Crippen LogP contribution >= 0.6 is 11.6 Å². The molecule has 3 rings (SSSR count). The molecule has 0 radical (unpaired) electrons. The van der Waals surface area contributed by atoms with Gasteiger partial charge in [-0.1, -0.05) is 22.8 Å². The average Bonchev–Trinajstić information content (AvgIpc) is 2.76. The fourth-order valence-electron chi connectivity index (χ4n) is 2.06. The zero-order valence-electron chi connectivity index (χ0n) is 11.4. The summed E-state index contributed by atoms with van der Waals surface area (Å²) in [4.78, 5) is 8.67. The maximum absolute atomic E-state index is 6.14. The topological polar surface area (TPSA) is 63.8 Å². The number of anilines is 2. The molecule has 1 aromatic carbocycles. The molecule has 1 N–H and O–H groups in total. The van der Waals surface area contributed by atoms with Crippen LogP contribution in [0, 0.1) is 20.8 Å². The lowest BCUT2D eigenvalue weighted by atomic mass is 10.2. The molecule has 102 valence electrons. The van der Waals surface area contributed by atoms with Crippen LogP contribution in [0.4, 0.5) is 11.5 Å². The summed E-state index contributed by atoms with van der Waals surface area (Å²) in [6.45, 7) is 5.63. The number of hydrogen-bond donors (Lipinski definition) is 1. The molecule has 0 unspecified atom stereocenters. The molecule has 0 spiro atoms. The van der Waals surface area contributed by atoms with E-state index in [1.165, 1.54) is 0 Å². The molecule has 0 atom stereocenters. The number of nitrogens with zero attached hydrogens (tertiary/aromatic N) is 3. The Morgan fingerprint density at radius 2 is 1.95 bits per heavy atom. The predicted octanol–water partition coefficient (Wildman–Crippen LogP) is 3.94. The van der Waals surface area contributed by atoms with Crippen molar-refractivity contribution in [2.75, 3.05) is 5.32 Å². The van der Waals surface area contributed by atoms with E-state index >= 15 is 0 Å². The van der Waals surface area contributed by atoms with Gasteiger partial charge in [-0.25, -0.2) is 4.98 Å². The minimum Gasteiger partial charge on any atom is -0.339 e. The molecule has 5 nitrogen and oxygen atoms in total. The Morgan fingerprint density at radius 3 is 2.75 bits per heavy atom. The Morgan fingerprint density at radius 1 is 1.15 bits per heavy atom. The lowest BCUT2D eigenvalue weighted by Crippen LogP contribution is -2.00. The molecule has 0 bridgehead atoms. The molecule has 0 aliphatic rings. The summed E-state index contributed by atoms with van der Waals surface area (Å²) >= 11 is 6.14. The lowest BCUT2D eigenvalue weighted by molar-refractivity contribution is 0.442. The first-order valence-corrected chi connectivity index (χ1v) is 6.57. The zero-order chi connectivity index (χ0) is 14.3. The van der Waals surface area contributed by atoms with Gasteiger partial charge in [0.2, 0.25) is 0 Å². The van der Waals surface area contributed by atoms with Gasteiger partial charge in [0.1, 0.15) is 17.0 Å². The Kier molecular flexibility index (Phi) is 3.06. The monoisotopic (exact) mass is 288 g/mol. The molecule has 6 heteroatoms. The highest BCUT2D eigenvalue weighted by Crippen LogP contribution is 2.30. The van der Waals surface area contributed by atoms with Crippen molar-refractivity contribution in [3.05, 3.63) is 40.3 Å². The van der Waals surface area contributed by atoms with Crippen LogP contribution < -0.4 is 5.32 Å². The van der Waals surface area contributed by atoms with E-state index in [4.69, 9.17) is 16.1 Å². The molecular formula is C14H13ClN4O. The van der Waals surface area contributed by atoms with Crippen LogP contribution in [0.15, 0.2) is 22.7 Å². The van der Waals surface area contributed by atoms with Crippen LogP contribution in [0.3, 0.4) is 0 Å². The summed E-state index contributed by atoms with van der Waals surface area (Å²) in [6, 6.07) is 5.70. The molecular weight excluding hydrogens is 276 g/mol. The van der Waals surface area contributed by atoms with Crippen LogP contribution in [0.25, 0.3) is 11.1 Å². The van der Waals surface area contributed by atoms with Crippen LogP contribution in [0.2, 0.25) is 5.02 Å². The van der Waals surface area contributed by atoms with Crippen LogP contribution in [0.5, 0.6) is 0 Å². The largest absolute Gasteiger partial charge is 0.339 e. The van der Waals surface area contributed by atoms with E-state index in [0.29, 0.717) is 22.4 Å². The van der Waals surface area contributed by atoms with Crippen molar-refractivity contribution in [1.82, 2.24) is 15.1 Å². The van der Waals surface area contributed by atoms with Gasteiger partial charge in [-0.15, -0.1) is 0 Å². The first-order chi connectivity index (χ1) is 9.56. The molecule has 0 aliphatic heterocycles. The van der Waals surface area contributed by atoms with E-state index in [9.17, 15) is 0 Å². The number of nitrogens with one attached hydrogen (secondary N) is 1. The molecule has 0 amide bonds. The number of benzene rings is 1. The van der Waals surface area contributed by atoms with E-state index in [1.807, 2.05) is 39.0 Å². The molecule has 0 fully saturated rings. The zero-order valence-corrected chi connectivity index (χ0v) is 12.1. The van der Waals surface area contributed by atoms with Gasteiger partial charge >= 0.3 is 0 Å². The maximum atomic E-state index is 6.14. The normalized spacial score (nSPS) is 11.0. The Labute approximate surface area is 121 Å². The van der Waals surface area contributed by atoms with Crippen molar-refractivity contribution in [3.8, 4) is 0 Å². The van der Waals surface area contributed by atoms with Crippen LogP contribution in [0.1, 0.15) is 17.1 Å². The van der Waals surface area contributed by atoms with E-state index in [-0.39, 0.29) is 0 Å². The van der Waals surface area contributed by atoms with Crippen molar-refractivity contribution in [2.24, 2.45) is 0 Å². The van der Waals surface area contributed by atoms with Gasteiger partial charge in [0.15, 0.2) is 0 Å². The van der Waals surface area contributed by atoms with Gasteiger partial charge < -0.3 is 9.84 Å². The highest BCUT2D eigenvalue weighted by molar-refractivity contribution is 6.31. The average molecular weight is 289 g/mol. The van der Waals surface area contributed by atoms with Crippen molar-refractivity contribution in [3.63, 3.8) is 0 Å². The first-order valence-electron chi connectivity index (χ1n) is 6.19. The Balaban J connectivity index is 2.15. The van der Waals surface area contributed by atoms with Gasteiger partial charge in [-0.3, -0.25) is 0 Å². The number of fused-ring (bicyclic) bond motifs is 1. The van der Waals surface area contributed by atoms with Crippen molar-refractivity contribution in [2.45, 2.75) is 20.8 Å². The summed E-state index contributed by atoms with van der Waals surface area (Å²) in [7, 11) is 0. The second-order valence-electron chi connectivity index (χ2n) is 4.60. The van der Waals surface area contributed by atoms with Crippen molar-refractivity contribution >= 4 is 34.2 Å². The first kappa shape index (κ1) is 12.9. The van der Waals surface area contributed by atoms with Crippen LogP contribution in [-0.4, -0.2) is 15.1 Å². The summed E-state index contributed by atoms with van der Waals surface area (Å²) in [5, 5.41) is 8.72. The molecule has 2 heterocycles. The molecule has 3 aromatic rings. The van der Waals surface area contributed by atoms with Gasteiger partial charge in [0.25, 0.3) is 5.71 Å². The van der Waals surface area contributed by atoms with Gasteiger partial charge in [0.05, 0.1) is 5.69 Å². The lowest BCUT2D eigenvalue weighted by Gasteiger charge is -2.10. The fraction of sp³-hybridized carbons (Fsp3) is 0.214. The molecule has 20 heavy (non-hydrogen) atoms. The summed E-state index contributed by atoms with van der Waals surface area (Å²) < 4.78 is 5.19. The summed E-state index contributed by atoms with van der Waals surface area (Å²) in [5.74, 6) is 1.30. The number of hydrogen-bond acceptors (Lipinski definition) is 5. The summed E-state index contributed by atoms with van der Waals surface area (Å²) in [5.41, 5.74) is 3.10. The number of aromatic nitrogens is 3. The van der Waals surface area contributed by atoms with E-state index in [2.05, 4.69) is 20.4 Å². The third kappa shape index (κ3) is 2.10. The molecule has 0 saturated carbocycles. The van der Waals surface area contributed by atoms with Gasteiger partial charge in [-0.05, 0) is 38.5 Å². The summed E-state index contributed by atoms with van der Waals surface area (Å²) in [6.07, 6.45) is 0. The second kappa shape index (κ2) is 4.76. The number of aryl methyl sites for hydroxylation is 2. The highest BCUT2D eigenvalue weighted by atomic mass is 35.5. The fourth-order valence-corrected chi connectivity index (χ4v) is 2.23. The third-order valence-electron chi connectivity index (χ3n) is 3.14. The van der Waals surface area contributed by atoms with Crippen LogP contribution in [-0.2, 0) is 0 Å². The minimum atomic E-state index is 0.484. The van der Waals surface area contributed by atoms with E-state index in [0.717, 1.165) is 22.3 Å².